The number of likely N-dealkylation sites (tertiary alicyclic amines) is 1. The molecule has 1 saturated heterocycles. The summed E-state index contributed by atoms with van der Waals surface area (Å²) in [5, 5.41) is 0. The minimum atomic E-state index is 0.237. The van der Waals surface area contributed by atoms with E-state index in [1.807, 2.05) is 24.3 Å². The van der Waals surface area contributed by atoms with Crippen LogP contribution in [0.4, 0.5) is 0 Å². The van der Waals surface area contributed by atoms with Crippen LogP contribution in [0.3, 0.4) is 0 Å². The van der Waals surface area contributed by atoms with Crippen LogP contribution < -0.4 is 0 Å². The van der Waals surface area contributed by atoms with E-state index in [1.165, 1.54) is 16.7 Å². The van der Waals surface area contributed by atoms with Gasteiger partial charge in [-0.05, 0) is 54.6 Å². The fourth-order valence-corrected chi connectivity index (χ4v) is 4.59. The summed E-state index contributed by atoms with van der Waals surface area (Å²) in [5.74, 6) is 0.237. The topological polar surface area (TPSA) is 20.3 Å². The molecule has 1 heterocycles. The zero-order valence-corrected chi connectivity index (χ0v) is 19.4. The van der Waals surface area contributed by atoms with Crippen molar-refractivity contribution in [3.63, 3.8) is 0 Å². The van der Waals surface area contributed by atoms with Gasteiger partial charge in [-0.2, -0.15) is 0 Å². The average Bonchev–Trinajstić information content (AvgIpc) is 2.82. The molecule has 31 heavy (non-hydrogen) atoms. The summed E-state index contributed by atoms with van der Waals surface area (Å²) in [6, 6.07) is 29.2. The van der Waals surface area contributed by atoms with E-state index in [0.29, 0.717) is 6.42 Å². The first-order chi connectivity index (χ1) is 15.2. The third-order valence-corrected chi connectivity index (χ3v) is 6.51. The number of rotatable bonds is 7. The largest absolute Gasteiger partial charge is 0.303 e. The average molecular weight is 474 g/mol. The van der Waals surface area contributed by atoms with E-state index in [4.69, 9.17) is 0 Å². The predicted octanol–water partition coefficient (Wildman–Crippen LogP) is 7.01. The lowest BCUT2D eigenvalue weighted by atomic mass is 9.88. The molecule has 158 valence electrons. The molecule has 0 saturated carbocycles. The normalized spacial score (nSPS) is 14.4. The van der Waals surface area contributed by atoms with E-state index < -0.39 is 0 Å². The van der Waals surface area contributed by atoms with Gasteiger partial charge in [0.25, 0.3) is 0 Å². The van der Waals surface area contributed by atoms with Crippen LogP contribution in [0.2, 0.25) is 0 Å². The summed E-state index contributed by atoms with van der Waals surface area (Å²) in [7, 11) is 0. The number of nitrogens with zero attached hydrogens (tertiary/aromatic N) is 1. The Hall–Kier alpha value is -2.49. The summed E-state index contributed by atoms with van der Waals surface area (Å²) in [5.41, 5.74) is 6.35. The van der Waals surface area contributed by atoms with Crippen LogP contribution in [0.25, 0.3) is 5.57 Å². The van der Waals surface area contributed by atoms with E-state index in [1.54, 1.807) is 5.57 Å². The molecule has 3 heteroatoms. The number of carbonyl (C=O) groups excluding carboxylic acids is 1. The van der Waals surface area contributed by atoms with Gasteiger partial charge in [-0.1, -0.05) is 94.3 Å². The number of carbonyl (C=O) groups is 1. The lowest BCUT2D eigenvalue weighted by Crippen LogP contribution is -2.32. The Balaban J connectivity index is 1.37. The maximum absolute atomic E-state index is 12.4. The zero-order valence-electron chi connectivity index (χ0n) is 17.8. The molecule has 3 aromatic carbocycles. The van der Waals surface area contributed by atoms with Gasteiger partial charge in [-0.3, -0.25) is 4.79 Å². The summed E-state index contributed by atoms with van der Waals surface area (Å²) >= 11 is 3.42. The monoisotopic (exact) mass is 473 g/mol. The molecule has 2 nitrogen and oxygen atoms in total. The van der Waals surface area contributed by atoms with Crippen molar-refractivity contribution < 1.29 is 4.79 Å². The van der Waals surface area contributed by atoms with Crippen LogP contribution in [0.15, 0.2) is 95.0 Å². The highest BCUT2D eigenvalue weighted by atomic mass is 79.9. The van der Waals surface area contributed by atoms with Gasteiger partial charge in [0, 0.05) is 29.5 Å². The predicted molar refractivity (Wildman–Crippen MR) is 132 cm³/mol. The number of halogens is 1. The van der Waals surface area contributed by atoms with Gasteiger partial charge in [0.2, 0.25) is 0 Å². The van der Waals surface area contributed by atoms with E-state index in [2.05, 4.69) is 81.5 Å². The quantitative estimate of drug-likeness (QED) is 0.344. The SMILES string of the molecule is O=C(CCCN1CCC(=C(c2ccccc2)c2ccccc2)CC1)c1ccc(Br)cc1. The number of piperidine rings is 1. The standard InChI is InChI=1S/C28H28BrNO/c29-26-15-13-22(14-16-26)27(31)12-7-19-30-20-17-25(18-21-30)28(23-8-3-1-4-9-23)24-10-5-2-6-11-24/h1-6,8-11,13-16H,7,12,17-21H2. The molecule has 0 N–H and O–H groups in total. The highest BCUT2D eigenvalue weighted by molar-refractivity contribution is 9.10. The fraction of sp³-hybridized carbons (Fsp3) is 0.250. The van der Waals surface area contributed by atoms with Gasteiger partial charge in [-0.15, -0.1) is 0 Å². The Kier molecular flexibility index (Phi) is 7.50. The number of Topliss-reactive ketones (excluding diaryl/α,β-unsaturated/α-hetero) is 1. The molecular formula is C28H28BrNO. The first-order valence-corrected chi connectivity index (χ1v) is 11.8. The second-order valence-corrected chi connectivity index (χ2v) is 9.00. The van der Waals surface area contributed by atoms with Crippen molar-refractivity contribution in [1.29, 1.82) is 0 Å². The Morgan fingerprint density at radius 3 is 1.84 bits per heavy atom. The van der Waals surface area contributed by atoms with Crippen LogP contribution in [0.1, 0.15) is 47.2 Å². The molecule has 0 spiro atoms. The van der Waals surface area contributed by atoms with E-state index >= 15 is 0 Å². The van der Waals surface area contributed by atoms with Crippen LogP contribution in [0.5, 0.6) is 0 Å². The molecule has 0 amide bonds. The molecule has 0 bridgehead atoms. The lowest BCUT2D eigenvalue weighted by Gasteiger charge is -2.30. The zero-order chi connectivity index (χ0) is 21.5. The highest BCUT2D eigenvalue weighted by Gasteiger charge is 2.19. The van der Waals surface area contributed by atoms with E-state index in [9.17, 15) is 4.79 Å². The lowest BCUT2D eigenvalue weighted by molar-refractivity contribution is 0.0974. The molecular weight excluding hydrogens is 446 g/mol. The van der Waals surface area contributed by atoms with Crippen molar-refractivity contribution in [2.24, 2.45) is 0 Å². The van der Waals surface area contributed by atoms with E-state index in [-0.39, 0.29) is 5.78 Å². The van der Waals surface area contributed by atoms with Gasteiger partial charge >= 0.3 is 0 Å². The number of benzene rings is 3. The molecule has 1 fully saturated rings. The Bertz CT molecular complexity index is 974. The maximum atomic E-state index is 12.4. The van der Waals surface area contributed by atoms with Crippen LogP contribution in [0, 0.1) is 0 Å². The maximum Gasteiger partial charge on any atom is 0.162 e. The minimum Gasteiger partial charge on any atom is -0.303 e. The number of hydrogen-bond acceptors (Lipinski definition) is 2. The first-order valence-electron chi connectivity index (χ1n) is 11.0. The molecule has 0 atom stereocenters. The molecule has 4 rings (SSSR count). The van der Waals surface area contributed by atoms with Gasteiger partial charge in [0.15, 0.2) is 5.78 Å². The fourth-order valence-electron chi connectivity index (χ4n) is 4.32. The smallest absolute Gasteiger partial charge is 0.162 e. The van der Waals surface area contributed by atoms with E-state index in [0.717, 1.165) is 48.9 Å². The molecule has 1 aliphatic heterocycles. The van der Waals surface area contributed by atoms with Crippen molar-refractivity contribution in [3.8, 4) is 0 Å². The number of ketones is 1. The van der Waals surface area contributed by atoms with Gasteiger partial charge < -0.3 is 4.90 Å². The Morgan fingerprint density at radius 1 is 0.742 bits per heavy atom. The van der Waals surface area contributed by atoms with Crippen LogP contribution in [-0.4, -0.2) is 30.3 Å². The Morgan fingerprint density at radius 2 is 1.29 bits per heavy atom. The minimum absolute atomic E-state index is 0.237. The second-order valence-electron chi connectivity index (χ2n) is 8.09. The molecule has 0 aliphatic carbocycles. The van der Waals surface area contributed by atoms with Gasteiger partial charge in [-0.25, -0.2) is 0 Å². The molecule has 1 aliphatic rings. The van der Waals surface area contributed by atoms with Crippen molar-refractivity contribution in [2.45, 2.75) is 25.7 Å². The second kappa shape index (κ2) is 10.7. The Labute approximate surface area is 193 Å². The molecule has 0 unspecified atom stereocenters. The third kappa shape index (κ3) is 5.81. The summed E-state index contributed by atoms with van der Waals surface area (Å²) < 4.78 is 1.01. The molecule has 0 aromatic heterocycles. The van der Waals surface area contributed by atoms with Crippen molar-refractivity contribution in [1.82, 2.24) is 4.90 Å². The number of hydrogen-bond donors (Lipinski definition) is 0. The van der Waals surface area contributed by atoms with Crippen LogP contribution in [-0.2, 0) is 0 Å². The first kappa shape index (κ1) is 21.7. The third-order valence-electron chi connectivity index (χ3n) is 5.98. The summed E-state index contributed by atoms with van der Waals surface area (Å²) in [6.45, 7) is 3.11. The summed E-state index contributed by atoms with van der Waals surface area (Å²) in [6.07, 6.45) is 3.69. The van der Waals surface area contributed by atoms with Gasteiger partial charge in [0.1, 0.15) is 0 Å². The molecule has 0 radical (unpaired) electrons. The van der Waals surface area contributed by atoms with Crippen molar-refractivity contribution >= 4 is 27.3 Å². The van der Waals surface area contributed by atoms with Gasteiger partial charge in [0.05, 0.1) is 0 Å². The van der Waals surface area contributed by atoms with Crippen LogP contribution >= 0.6 is 15.9 Å². The molecule has 3 aromatic rings. The summed E-state index contributed by atoms with van der Waals surface area (Å²) in [4.78, 5) is 14.9. The highest BCUT2D eigenvalue weighted by Crippen LogP contribution is 2.32. The van der Waals surface area contributed by atoms with Crippen molar-refractivity contribution in [2.75, 3.05) is 19.6 Å². The van der Waals surface area contributed by atoms with Crippen molar-refractivity contribution in [3.05, 3.63) is 112 Å².